The molecule has 1 heterocycles. The summed E-state index contributed by atoms with van der Waals surface area (Å²) < 4.78 is 0. The molecule has 0 aliphatic carbocycles. The van der Waals surface area contributed by atoms with Crippen LogP contribution in [0.15, 0.2) is 66.9 Å². The second-order valence-corrected chi connectivity index (χ2v) is 5.97. The van der Waals surface area contributed by atoms with Gasteiger partial charge in [-0.15, -0.1) is 0 Å². The Morgan fingerprint density at radius 3 is 2.58 bits per heavy atom. The number of benzene rings is 2. The van der Waals surface area contributed by atoms with Crippen LogP contribution >= 0.6 is 0 Å². The third-order valence-corrected chi connectivity index (χ3v) is 4.12. The monoisotopic (exact) mass is 318 g/mol. The zero-order valence-corrected chi connectivity index (χ0v) is 14.0. The number of fused-ring (bicyclic) bond motifs is 1. The summed E-state index contributed by atoms with van der Waals surface area (Å²) in [5.74, 6) is 0.152. The van der Waals surface area contributed by atoms with Crippen molar-refractivity contribution in [1.29, 1.82) is 0 Å². The Morgan fingerprint density at radius 2 is 1.79 bits per heavy atom. The molecule has 3 aromatic rings. The van der Waals surface area contributed by atoms with E-state index >= 15 is 0 Å². The van der Waals surface area contributed by atoms with Crippen molar-refractivity contribution < 1.29 is 4.79 Å². The van der Waals surface area contributed by atoms with E-state index in [9.17, 15) is 4.79 Å². The smallest absolute Gasteiger partial charge is 0.227 e. The molecule has 2 aromatic carbocycles. The number of hydrogen-bond acceptors (Lipinski definition) is 2. The molecule has 0 spiro atoms. The van der Waals surface area contributed by atoms with Gasteiger partial charge in [0.1, 0.15) is 0 Å². The molecule has 0 atom stereocenters. The second kappa shape index (κ2) is 7.73. The lowest BCUT2D eigenvalue weighted by atomic mass is 10.1. The molecule has 3 heteroatoms. The summed E-state index contributed by atoms with van der Waals surface area (Å²) in [6.07, 6.45) is 3.12. The van der Waals surface area contributed by atoms with E-state index in [-0.39, 0.29) is 5.91 Å². The van der Waals surface area contributed by atoms with Crippen LogP contribution in [0.25, 0.3) is 10.9 Å². The Morgan fingerprint density at radius 1 is 1.00 bits per heavy atom. The van der Waals surface area contributed by atoms with E-state index in [4.69, 9.17) is 0 Å². The molecule has 0 aliphatic heterocycles. The van der Waals surface area contributed by atoms with Crippen LogP contribution in [-0.4, -0.2) is 22.3 Å². The van der Waals surface area contributed by atoms with E-state index in [1.54, 1.807) is 6.20 Å². The number of carbonyl (C=O) groups excluding carboxylic acids is 1. The predicted molar refractivity (Wildman–Crippen MR) is 97.6 cm³/mol. The van der Waals surface area contributed by atoms with E-state index in [2.05, 4.69) is 24.0 Å². The molecule has 0 fully saturated rings. The summed E-state index contributed by atoms with van der Waals surface area (Å²) in [5, 5.41) is 1.08. The Hall–Kier alpha value is -2.68. The number of amides is 1. The maximum Gasteiger partial charge on any atom is 0.227 e. The number of carbonyl (C=O) groups is 1. The van der Waals surface area contributed by atoms with Gasteiger partial charge in [0, 0.05) is 24.7 Å². The van der Waals surface area contributed by atoms with Gasteiger partial charge < -0.3 is 4.90 Å². The molecular weight excluding hydrogens is 296 g/mol. The number of rotatable bonds is 6. The third-order valence-electron chi connectivity index (χ3n) is 4.12. The Bertz CT molecular complexity index is 809. The standard InChI is InChI=1S/C21H22N2O/c1-2-14-23(16-17-8-4-3-5-9-17)20(24)15-19-11-6-10-18-12-7-13-22-21(18)19/h3-13H,2,14-16H2,1H3. The fraction of sp³-hybridized carbons (Fsp3) is 0.238. The zero-order chi connectivity index (χ0) is 16.8. The first kappa shape index (κ1) is 16.2. The van der Waals surface area contributed by atoms with Gasteiger partial charge in [-0.2, -0.15) is 0 Å². The average Bonchev–Trinajstić information content (AvgIpc) is 2.62. The van der Waals surface area contributed by atoms with Crippen LogP contribution in [0.5, 0.6) is 0 Å². The molecule has 0 aliphatic rings. The van der Waals surface area contributed by atoms with Crippen molar-refractivity contribution in [2.24, 2.45) is 0 Å². The quantitative estimate of drug-likeness (QED) is 0.682. The van der Waals surface area contributed by atoms with Crippen molar-refractivity contribution in [1.82, 2.24) is 9.88 Å². The van der Waals surface area contributed by atoms with Gasteiger partial charge in [-0.25, -0.2) is 0 Å². The molecule has 0 saturated heterocycles. The summed E-state index contributed by atoms with van der Waals surface area (Å²) in [7, 11) is 0. The fourth-order valence-corrected chi connectivity index (χ4v) is 2.95. The highest BCUT2D eigenvalue weighted by Crippen LogP contribution is 2.18. The molecule has 0 radical (unpaired) electrons. The van der Waals surface area contributed by atoms with Gasteiger partial charge in [0.15, 0.2) is 0 Å². The van der Waals surface area contributed by atoms with Gasteiger partial charge in [-0.3, -0.25) is 9.78 Å². The van der Waals surface area contributed by atoms with Crippen LogP contribution in [0.4, 0.5) is 0 Å². The number of pyridine rings is 1. The van der Waals surface area contributed by atoms with Crippen molar-refractivity contribution in [3.8, 4) is 0 Å². The van der Waals surface area contributed by atoms with Crippen LogP contribution in [0, 0.1) is 0 Å². The Labute approximate surface area is 143 Å². The summed E-state index contributed by atoms with van der Waals surface area (Å²) in [5.41, 5.74) is 3.08. The van der Waals surface area contributed by atoms with Crippen molar-refractivity contribution >= 4 is 16.8 Å². The summed E-state index contributed by atoms with van der Waals surface area (Å²) in [6.45, 7) is 3.53. The first-order chi connectivity index (χ1) is 11.8. The number of hydrogen-bond donors (Lipinski definition) is 0. The molecule has 0 unspecified atom stereocenters. The first-order valence-corrected chi connectivity index (χ1v) is 8.42. The van der Waals surface area contributed by atoms with Crippen LogP contribution in [0.3, 0.4) is 0 Å². The first-order valence-electron chi connectivity index (χ1n) is 8.42. The number of aromatic nitrogens is 1. The Balaban J connectivity index is 1.80. The molecule has 0 bridgehead atoms. The van der Waals surface area contributed by atoms with Crippen LogP contribution in [0.1, 0.15) is 24.5 Å². The minimum absolute atomic E-state index is 0.152. The van der Waals surface area contributed by atoms with E-state index < -0.39 is 0 Å². The van der Waals surface area contributed by atoms with E-state index in [0.717, 1.165) is 35.0 Å². The van der Waals surface area contributed by atoms with E-state index in [1.165, 1.54) is 0 Å². The lowest BCUT2D eigenvalue weighted by molar-refractivity contribution is -0.131. The summed E-state index contributed by atoms with van der Waals surface area (Å²) >= 11 is 0. The molecule has 0 saturated carbocycles. The molecule has 0 N–H and O–H groups in total. The normalized spacial score (nSPS) is 10.7. The van der Waals surface area contributed by atoms with Gasteiger partial charge in [0.05, 0.1) is 11.9 Å². The SMILES string of the molecule is CCCN(Cc1ccccc1)C(=O)Cc1cccc2cccnc12. The predicted octanol–water partition coefficient (Wildman–Crippen LogP) is 4.22. The summed E-state index contributed by atoms with van der Waals surface area (Å²) in [6, 6.07) is 20.1. The number of para-hydroxylation sites is 1. The molecule has 3 rings (SSSR count). The van der Waals surface area contributed by atoms with Crippen LogP contribution in [-0.2, 0) is 17.8 Å². The highest BCUT2D eigenvalue weighted by molar-refractivity contribution is 5.87. The minimum atomic E-state index is 0.152. The molecular formula is C21H22N2O. The van der Waals surface area contributed by atoms with Gasteiger partial charge in [-0.05, 0) is 23.6 Å². The lowest BCUT2D eigenvalue weighted by Gasteiger charge is -2.22. The van der Waals surface area contributed by atoms with E-state index in [0.29, 0.717) is 13.0 Å². The van der Waals surface area contributed by atoms with Gasteiger partial charge in [0.2, 0.25) is 5.91 Å². The third kappa shape index (κ3) is 3.80. The molecule has 3 nitrogen and oxygen atoms in total. The van der Waals surface area contributed by atoms with Crippen molar-refractivity contribution in [2.75, 3.05) is 6.54 Å². The van der Waals surface area contributed by atoms with Crippen molar-refractivity contribution in [3.63, 3.8) is 0 Å². The molecule has 1 aromatic heterocycles. The van der Waals surface area contributed by atoms with Crippen LogP contribution < -0.4 is 0 Å². The highest BCUT2D eigenvalue weighted by atomic mass is 16.2. The van der Waals surface area contributed by atoms with Crippen LogP contribution in [0.2, 0.25) is 0 Å². The largest absolute Gasteiger partial charge is 0.338 e. The van der Waals surface area contributed by atoms with Crippen molar-refractivity contribution in [3.05, 3.63) is 78.0 Å². The van der Waals surface area contributed by atoms with Crippen molar-refractivity contribution in [2.45, 2.75) is 26.3 Å². The summed E-state index contributed by atoms with van der Waals surface area (Å²) in [4.78, 5) is 19.2. The molecule has 1 amide bonds. The highest BCUT2D eigenvalue weighted by Gasteiger charge is 2.15. The van der Waals surface area contributed by atoms with Gasteiger partial charge in [-0.1, -0.05) is 61.5 Å². The molecule has 24 heavy (non-hydrogen) atoms. The van der Waals surface area contributed by atoms with Gasteiger partial charge >= 0.3 is 0 Å². The Kier molecular flexibility index (Phi) is 5.22. The van der Waals surface area contributed by atoms with E-state index in [1.807, 2.05) is 53.4 Å². The molecule has 122 valence electrons. The maximum absolute atomic E-state index is 12.8. The average molecular weight is 318 g/mol. The van der Waals surface area contributed by atoms with Gasteiger partial charge in [0.25, 0.3) is 0 Å². The minimum Gasteiger partial charge on any atom is -0.338 e. The lowest BCUT2D eigenvalue weighted by Crippen LogP contribution is -2.32. The topological polar surface area (TPSA) is 33.2 Å². The zero-order valence-electron chi connectivity index (χ0n) is 14.0. The fourth-order valence-electron chi connectivity index (χ4n) is 2.95. The number of nitrogens with zero attached hydrogens (tertiary/aromatic N) is 2. The second-order valence-electron chi connectivity index (χ2n) is 5.97. The maximum atomic E-state index is 12.8.